The Hall–Kier alpha value is -3.16. The standard InChI is InChI=1S/C23H24N6O/c1-2-5-18(6-3-1)10-12-29-23(25-26-27-29)22(28-13-15-30-16-14-28)20-8-9-21-19(17-20)7-4-11-24-21/h1-9,11,17,22H,10,12-16H2/t22-/m1/s1. The van der Waals surface area contributed by atoms with E-state index in [1.54, 1.807) is 0 Å². The molecule has 1 aliphatic heterocycles. The number of nitrogens with zero attached hydrogens (tertiary/aromatic N) is 6. The Labute approximate surface area is 175 Å². The first-order chi connectivity index (χ1) is 14.9. The minimum Gasteiger partial charge on any atom is -0.379 e. The van der Waals surface area contributed by atoms with Gasteiger partial charge in [0.1, 0.15) is 0 Å². The van der Waals surface area contributed by atoms with Crippen LogP contribution >= 0.6 is 0 Å². The van der Waals surface area contributed by atoms with E-state index in [4.69, 9.17) is 4.74 Å². The molecule has 0 N–H and O–H groups in total. The van der Waals surface area contributed by atoms with Crippen LogP contribution in [0.4, 0.5) is 0 Å². The van der Waals surface area contributed by atoms with Crippen molar-refractivity contribution in [2.45, 2.75) is 19.0 Å². The Morgan fingerprint density at radius 3 is 2.70 bits per heavy atom. The zero-order valence-electron chi connectivity index (χ0n) is 16.8. The molecular formula is C23H24N6O. The fraction of sp³-hybridized carbons (Fsp3) is 0.304. The molecule has 1 saturated heterocycles. The maximum absolute atomic E-state index is 5.60. The number of rotatable bonds is 6. The summed E-state index contributed by atoms with van der Waals surface area (Å²) < 4.78 is 7.54. The van der Waals surface area contributed by atoms with Crippen LogP contribution in [0.15, 0.2) is 66.9 Å². The second kappa shape index (κ2) is 8.69. The van der Waals surface area contributed by atoms with Crippen LogP contribution in [0, 0.1) is 0 Å². The molecule has 7 heteroatoms. The lowest BCUT2D eigenvalue weighted by Crippen LogP contribution is -2.40. The predicted molar refractivity (Wildman–Crippen MR) is 114 cm³/mol. The second-order valence-corrected chi connectivity index (χ2v) is 7.50. The summed E-state index contributed by atoms with van der Waals surface area (Å²) in [6, 6.07) is 20.9. The van der Waals surface area contributed by atoms with Gasteiger partial charge in [0.15, 0.2) is 5.82 Å². The molecule has 0 bridgehead atoms. The van der Waals surface area contributed by atoms with Crippen molar-refractivity contribution in [2.24, 2.45) is 0 Å². The lowest BCUT2D eigenvalue weighted by Gasteiger charge is -2.34. The molecule has 3 heterocycles. The Morgan fingerprint density at radius 2 is 1.83 bits per heavy atom. The fourth-order valence-electron chi connectivity index (χ4n) is 4.07. The predicted octanol–water partition coefficient (Wildman–Crippen LogP) is 2.89. The molecule has 0 saturated carbocycles. The highest BCUT2D eigenvalue weighted by Crippen LogP contribution is 2.29. The van der Waals surface area contributed by atoms with E-state index in [1.807, 2.05) is 23.0 Å². The number of aromatic nitrogens is 5. The zero-order valence-corrected chi connectivity index (χ0v) is 16.8. The molecule has 0 spiro atoms. The topological polar surface area (TPSA) is 69.0 Å². The number of hydrogen-bond donors (Lipinski definition) is 0. The second-order valence-electron chi connectivity index (χ2n) is 7.50. The van der Waals surface area contributed by atoms with Gasteiger partial charge in [-0.05, 0) is 46.2 Å². The summed E-state index contributed by atoms with van der Waals surface area (Å²) in [5.74, 6) is 0.871. The van der Waals surface area contributed by atoms with E-state index in [2.05, 4.69) is 73.9 Å². The van der Waals surface area contributed by atoms with Crippen molar-refractivity contribution in [3.63, 3.8) is 0 Å². The maximum atomic E-state index is 5.60. The molecule has 30 heavy (non-hydrogen) atoms. The van der Waals surface area contributed by atoms with Crippen molar-refractivity contribution in [3.8, 4) is 0 Å². The van der Waals surface area contributed by atoms with Gasteiger partial charge in [0.25, 0.3) is 0 Å². The van der Waals surface area contributed by atoms with Crippen LogP contribution in [0.3, 0.4) is 0 Å². The van der Waals surface area contributed by atoms with Crippen LogP contribution < -0.4 is 0 Å². The Kier molecular flexibility index (Phi) is 5.46. The van der Waals surface area contributed by atoms with E-state index in [0.717, 1.165) is 56.0 Å². The average Bonchev–Trinajstić information content (AvgIpc) is 3.27. The van der Waals surface area contributed by atoms with Gasteiger partial charge in [0.2, 0.25) is 0 Å². The zero-order chi connectivity index (χ0) is 20.2. The number of fused-ring (bicyclic) bond motifs is 1. The molecule has 0 radical (unpaired) electrons. The summed E-state index contributed by atoms with van der Waals surface area (Å²) in [7, 11) is 0. The molecule has 2 aromatic carbocycles. The van der Waals surface area contributed by atoms with Crippen LogP contribution in [0.5, 0.6) is 0 Å². The van der Waals surface area contributed by atoms with E-state index in [9.17, 15) is 0 Å². The summed E-state index contributed by atoms with van der Waals surface area (Å²) in [6.07, 6.45) is 2.71. The van der Waals surface area contributed by atoms with Crippen LogP contribution in [0.1, 0.15) is 23.0 Å². The third-order valence-corrected chi connectivity index (χ3v) is 5.61. The van der Waals surface area contributed by atoms with Gasteiger partial charge >= 0.3 is 0 Å². The summed E-state index contributed by atoms with van der Waals surface area (Å²) in [5, 5.41) is 13.9. The lowest BCUT2D eigenvalue weighted by molar-refractivity contribution is 0.0216. The van der Waals surface area contributed by atoms with Crippen molar-refractivity contribution in [3.05, 3.63) is 83.8 Å². The molecule has 7 nitrogen and oxygen atoms in total. The van der Waals surface area contributed by atoms with E-state index < -0.39 is 0 Å². The van der Waals surface area contributed by atoms with E-state index in [0.29, 0.717) is 0 Å². The van der Waals surface area contributed by atoms with Gasteiger partial charge in [-0.25, -0.2) is 4.68 Å². The van der Waals surface area contributed by atoms with Crippen LogP contribution in [0.2, 0.25) is 0 Å². The molecule has 2 aromatic heterocycles. The number of benzene rings is 2. The van der Waals surface area contributed by atoms with Gasteiger partial charge in [0, 0.05) is 31.2 Å². The highest BCUT2D eigenvalue weighted by Gasteiger charge is 2.29. The molecule has 1 aliphatic rings. The van der Waals surface area contributed by atoms with Crippen LogP contribution in [-0.4, -0.2) is 56.4 Å². The number of morpholine rings is 1. The maximum Gasteiger partial charge on any atom is 0.173 e. The number of tetrazole rings is 1. The van der Waals surface area contributed by atoms with Crippen molar-refractivity contribution in [1.29, 1.82) is 0 Å². The third-order valence-electron chi connectivity index (χ3n) is 5.61. The van der Waals surface area contributed by atoms with Gasteiger partial charge in [0.05, 0.1) is 24.8 Å². The van der Waals surface area contributed by atoms with Gasteiger partial charge in [-0.15, -0.1) is 5.10 Å². The fourth-order valence-corrected chi connectivity index (χ4v) is 4.07. The van der Waals surface area contributed by atoms with E-state index in [1.165, 1.54) is 11.1 Å². The molecule has 0 unspecified atom stereocenters. The summed E-state index contributed by atoms with van der Waals surface area (Å²) >= 11 is 0. The first-order valence-corrected chi connectivity index (χ1v) is 10.3. The summed E-state index contributed by atoms with van der Waals surface area (Å²) in [4.78, 5) is 6.87. The molecule has 5 rings (SSSR count). The van der Waals surface area contributed by atoms with Crippen LogP contribution in [0.25, 0.3) is 10.9 Å². The number of ether oxygens (including phenoxy) is 1. The van der Waals surface area contributed by atoms with E-state index >= 15 is 0 Å². The average molecular weight is 400 g/mol. The Balaban J connectivity index is 1.50. The Bertz CT molecular complexity index is 1110. The van der Waals surface area contributed by atoms with Crippen molar-refractivity contribution >= 4 is 10.9 Å². The molecular weight excluding hydrogens is 376 g/mol. The molecule has 0 aliphatic carbocycles. The molecule has 152 valence electrons. The Morgan fingerprint density at radius 1 is 0.967 bits per heavy atom. The molecule has 4 aromatic rings. The van der Waals surface area contributed by atoms with Crippen molar-refractivity contribution in [1.82, 2.24) is 30.1 Å². The minimum absolute atomic E-state index is 0.0238. The van der Waals surface area contributed by atoms with Crippen molar-refractivity contribution < 1.29 is 4.74 Å². The molecule has 0 amide bonds. The first-order valence-electron chi connectivity index (χ1n) is 10.3. The largest absolute Gasteiger partial charge is 0.379 e. The van der Waals surface area contributed by atoms with Gasteiger partial charge in [-0.1, -0.05) is 42.5 Å². The van der Waals surface area contributed by atoms with Crippen molar-refractivity contribution in [2.75, 3.05) is 26.3 Å². The summed E-state index contributed by atoms with van der Waals surface area (Å²) in [5.41, 5.74) is 3.44. The molecule has 1 fully saturated rings. The minimum atomic E-state index is -0.0238. The lowest BCUT2D eigenvalue weighted by atomic mass is 10.0. The first kappa shape index (κ1) is 18.8. The van der Waals surface area contributed by atoms with Gasteiger partial charge in [-0.3, -0.25) is 9.88 Å². The smallest absolute Gasteiger partial charge is 0.173 e. The number of pyridine rings is 1. The van der Waals surface area contributed by atoms with E-state index in [-0.39, 0.29) is 6.04 Å². The molecule has 1 atom stereocenters. The number of aryl methyl sites for hydroxylation is 2. The SMILES string of the molecule is c1ccc(CCn2nnnc2[C@@H](c2ccc3ncccc3c2)N2CCOCC2)cc1. The van der Waals surface area contributed by atoms with Gasteiger partial charge < -0.3 is 4.74 Å². The number of hydrogen-bond acceptors (Lipinski definition) is 6. The quantitative estimate of drug-likeness (QED) is 0.496. The highest BCUT2D eigenvalue weighted by molar-refractivity contribution is 5.79. The van der Waals surface area contributed by atoms with Crippen LogP contribution in [-0.2, 0) is 17.7 Å². The third kappa shape index (κ3) is 3.94. The monoisotopic (exact) mass is 400 g/mol. The van der Waals surface area contributed by atoms with Gasteiger partial charge in [-0.2, -0.15) is 0 Å². The normalized spacial score (nSPS) is 16.0. The summed E-state index contributed by atoms with van der Waals surface area (Å²) in [6.45, 7) is 3.87. The highest BCUT2D eigenvalue weighted by atomic mass is 16.5.